The Hall–Kier alpha value is -4.46. The third-order valence-corrected chi connectivity index (χ3v) is 11.1. The molecule has 4 heteroatoms. The van der Waals surface area contributed by atoms with Gasteiger partial charge in [-0.2, -0.15) is 5.10 Å². The summed E-state index contributed by atoms with van der Waals surface area (Å²) in [5.74, 6) is -0.145. The van der Waals surface area contributed by atoms with Gasteiger partial charge in [0.2, 0.25) is 5.78 Å². The number of carbonyl (C=O) groups excluding carboxylic acids is 1. The van der Waals surface area contributed by atoms with Gasteiger partial charge in [0, 0.05) is 11.1 Å². The van der Waals surface area contributed by atoms with Gasteiger partial charge in [-0.1, -0.05) is 115 Å². The molecule has 5 aromatic rings. The van der Waals surface area contributed by atoms with Crippen molar-refractivity contribution in [3.8, 4) is 0 Å². The summed E-state index contributed by atoms with van der Waals surface area (Å²) in [6, 6.07) is 50.9. The molecule has 0 saturated heterocycles. The monoisotopic (exact) mass is 525 g/mol. The van der Waals surface area contributed by atoms with Crippen molar-refractivity contribution in [2.24, 2.45) is 10.2 Å². The molecule has 0 N–H and O–H groups in total. The van der Waals surface area contributed by atoms with Crippen LogP contribution in [0.2, 0.25) is 0 Å². The molecule has 190 valence electrons. The topological polar surface area (TPSA) is 41.8 Å². The fourth-order valence-electron chi connectivity index (χ4n) is 4.84. The Kier molecular flexibility index (Phi) is 8.31. The number of ketones is 1. The number of nitrogens with zero attached hydrogens (tertiary/aromatic N) is 2. The van der Waals surface area contributed by atoms with Crippen molar-refractivity contribution < 1.29 is 4.79 Å². The summed E-state index contributed by atoms with van der Waals surface area (Å²) >= 11 is 0. The molecule has 0 unspecified atom stereocenters. The number of Topliss-reactive ketones (excluding diaryl/α,β-unsaturated/α-hetero) is 1. The third-order valence-electron chi connectivity index (χ3n) is 6.68. The van der Waals surface area contributed by atoms with Gasteiger partial charge in [-0.25, -0.2) is 0 Å². The van der Waals surface area contributed by atoms with Crippen LogP contribution in [0.15, 0.2) is 162 Å². The van der Waals surface area contributed by atoms with Crippen molar-refractivity contribution in [3.63, 3.8) is 0 Å². The Balaban J connectivity index is 1.63. The lowest BCUT2D eigenvalue weighted by Gasteiger charge is -2.27. The van der Waals surface area contributed by atoms with Crippen molar-refractivity contribution in [1.82, 2.24) is 0 Å². The molecule has 3 nitrogen and oxygen atoms in total. The molecule has 0 aliphatic carbocycles. The molecule has 0 aromatic heterocycles. The predicted octanol–water partition coefficient (Wildman–Crippen LogP) is 6.73. The van der Waals surface area contributed by atoms with E-state index >= 15 is 0 Å². The minimum absolute atomic E-state index is 0.145. The van der Waals surface area contributed by atoms with E-state index in [9.17, 15) is 4.79 Å². The zero-order chi connectivity index (χ0) is 26.9. The molecule has 0 amide bonds. The van der Waals surface area contributed by atoms with E-state index in [4.69, 9.17) is 5.10 Å². The highest BCUT2D eigenvalue weighted by Crippen LogP contribution is 2.55. The van der Waals surface area contributed by atoms with Gasteiger partial charge in [0.05, 0.1) is 5.71 Å². The summed E-state index contributed by atoms with van der Waals surface area (Å²) < 4.78 is 0. The number of carbonyl (C=O) groups is 1. The summed E-state index contributed by atoms with van der Waals surface area (Å²) in [6.07, 6.45) is 0.705. The second-order valence-electron chi connectivity index (χ2n) is 9.32. The molecule has 0 aliphatic heterocycles. The molecular formula is C35H30N2OP+. The average molecular weight is 526 g/mol. The van der Waals surface area contributed by atoms with Crippen molar-refractivity contribution in [1.29, 1.82) is 0 Å². The Morgan fingerprint density at radius 3 is 1.28 bits per heavy atom. The van der Waals surface area contributed by atoms with E-state index in [1.165, 1.54) is 15.9 Å². The summed E-state index contributed by atoms with van der Waals surface area (Å²) in [5, 5.41) is 13.2. The second-order valence-corrected chi connectivity index (χ2v) is 12.8. The second kappa shape index (κ2) is 12.4. The maximum Gasteiger partial charge on any atom is 0.213 e. The van der Waals surface area contributed by atoms with Crippen molar-refractivity contribution in [3.05, 3.63) is 163 Å². The van der Waals surface area contributed by atoms with Gasteiger partial charge in [-0.15, -0.1) is 5.10 Å². The van der Waals surface area contributed by atoms with E-state index in [1.54, 1.807) is 0 Å². The first-order valence-corrected chi connectivity index (χ1v) is 15.0. The van der Waals surface area contributed by atoms with Crippen LogP contribution >= 0.6 is 7.26 Å². The molecule has 0 spiro atoms. The van der Waals surface area contributed by atoms with Crippen LogP contribution in [0.25, 0.3) is 0 Å². The van der Waals surface area contributed by atoms with Crippen LogP contribution < -0.4 is 15.9 Å². The normalized spacial score (nSPS) is 12.2. The van der Waals surface area contributed by atoms with E-state index in [-0.39, 0.29) is 5.78 Å². The fraction of sp³-hybridized carbons (Fsp3) is 0.0571. The van der Waals surface area contributed by atoms with Gasteiger partial charge in [0.15, 0.2) is 0 Å². The largest absolute Gasteiger partial charge is 0.287 e. The molecule has 0 atom stereocenters. The molecule has 0 bridgehead atoms. The van der Waals surface area contributed by atoms with Crippen molar-refractivity contribution >= 4 is 40.4 Å². The van der Waals surface area contributed by atoms with E-state index in [2.05, 4.69) is 96.1 Å². The molecule has 0 radical (unpaired) electrons. The minimum Gasteiger partial charge on any atom is -0.287 e. The first kappa shape index (κ1) is 26.2. The van der Waals surface area contributed by atoms with Gasteiger partial charge in [-0.05, 0) is 43.3 Å². The summed E-state index contributed by atoms with van der Waals surface area (Å²) in [4.78, 5) is 13.5. The van der Waals surface area contributed by atoms with E-state index in [0.29, 0.717) is 17.4 Å². The molecule has 0 heterocycles. The molecule has 5 rings (SSSR count). The highest BCUT2D eigenvalue weighted by molar-refractivity contribution is 7.96. The van der Waals surface area contributed by atoms with Gasteiger partial charge in [-0.3, -0.25) is 4.79 Å². The third kappa shape index (κ3) is 5.85. The molecule has 0 aliphatic rings. The van der Waals surface area contributed by atoms with Gasteiger partial charge < -0.3 is 0 Å². The minimum atomic E-state index is -2.11. The number of benzene rings is 5. The Bertz CT molecular complexity index is 1470. The lowest BCUT2D eigenvalue weighted by Crippen LogP contribution is -2.35. The van der Waals surface area contributed by atoms with Crippen LogP contribution in [-0.4, -0.2) is 23.4 Å². The molecule has 0 saturated carbocycles. The van der Waals surface area contributed by atoms with E-state index in [1.807, 2.05) is 67.6 Å². The summed E-state index contributed by atoms with van der Waals surface area (Å²) in [7, 11) is -2.11. The Morgan fingerprint density at radius 2 is 0.872 bits per heavy atom. The average Bonchev–Trinajstić information content (AvgIpc) is 3.02. The molecule has 0 fully saturated rings. The van der Waals surface area contributed by atoms with Crippen LogP contribution in [0.3, 0.4) is 0 Å². The molecular weight excluding hydrogens is 495 g/mol. The maximum absolute atomic E-state index is 13.5. The Morgan fingerprint density at radius 1 is 0.513 bits per heavy atom. The standard InChI is InChI=1S/C35H30N2OP/c1-28(36-37-34(29-17-7-2-8-18-29)35(38)30-19-9-3-10-20-30)27-39(31-21-11-4-12-22-31,32-23-13-5-14-24-32)33-25-15-6-16-26-33/h2-26H,27H2,1H3/q+1. The van der Waals surface area contributed by atoms with E-state index < -0.39 is 7.26 Å². The highest BCUT2D eigenvalue weighted by Gasteiger charge is 2.45. The molecule has 5 aromatic carbocycles. The quantitative estimate of drug-likeness (QED) is 0.0911. The van der Waals surface area contributed by atoms with Crippen LogP contribution in [0.1, 0.15) is 22.8 Å². The van der Waals surface area contributed by atoms with Crippen molar-refractivity contribution in [2.75, 3.05) is 6.16 Å². The smallest absolute Gasteiger partial charge is 0.213 e. The van der Waals surface area contributed by atoms with Crippen LogP contribution in [0.4, 0.5) is 0 Å². The van der Waals surface area contributed by atoms with Crippen molar-refractivity contribution in [2.45, 2.75) is 6.92 Å². The zero-order valence-electron chi connectivity index (χ0n) is 21.9. The number of hydrogen-bond donors (Lipinski definition) is 0. The predicted molar refractivity (Wildman–Crippen MR) is 167 cm³/mol. The molecule has 39 heavy (non-hydrogen) atoms. The SMILES string of the molecule is CC(C[P+](c1ccccc1)(c1ccccc1)c1ccccc1)=NN=C(C(=O)c1ccccc1)c1ccccc1. The summed E-state index contributed by atoms with van der Waals surface area (Å²) in [5.41, 5.74) is 2.55. The highest BCUT2D eigenvalue weighted by atomic mass is 31.2. The van der Waals surface area contributed by atoms with Crippen LogP contribution in [0, 0.1) is 0 Å². The lowest BCUT2D eigenvalue weighted by atomic mass is 10.0. The van der Waals surface area contributed by atoms with E-state index in [0.717, 1.165) is 11.3 Å². The number of hydrogen-bond acceptors (Lipinski definition) is 3. The van der Waals surface area contributed by atoms with Crippen LogP contribution in [-0.2, 0) is 0 Å². The van der Waals surface area contributed by atoms with Gasteiger partial charge in [0.25, 0.3) is 0 Å². The first-order chi connectivity index (χ1) is 19.2. The van der Waals surface area contributed by atoms with Crippen LogP contribution in [0.5, 0.6) is 0 Å². The van der Waals surface area contributed by atoms with Gasteiger partial charge >= 0.3 is 0 Å². The van der Waals surface area contributed by atoms with Gasteiger partial charge in [0.1, 0.15) is 35.0 Å². The first-order valence-electron chi connectivity index (χ1n) is 13.0. The number of rotatable bonds is 9. The lowest BCUT2D eigenvalue weighted by molar-refractivity contribution is 0.106. The zero-order valence-corrected chi connectivity index (χ0v) is 22.8. The summed E-state index contributed by atoms with van der Waals surface area (Å²) in [6.45, 7) is 2.02. The fourth-order valence-corrected chi connectivity index (χ4v) is 9.07. The Labute approximate surface area is 230 Å². The maximum atomic E-state index is 13.5.